The van der Waals surface area contributed by atoms with E-state index < -0.39 is 12.1 Å². The first-order valence-corrected chi connectivity index (χ1v) is 10.8. The molecule has 10 heteroatoms. The second-order valence-electron chi connectivity index (χ2n) is 8.78. The van der Waals surface area contributed by atoms with E-state index in [-0.39, 0.29) is 5.41 Å². The van der Waals surface area contributed by atoms with Gasteiger partial charge in [0.1, 0.15) is 5.82 Å². The van der Waals surface area contributed by atoms with Crippen LogP contribution in [0.4, 0.5) is 13.2 Å². The molecule has 33 heavy (non-hydrogen) atoms. The van der Waals surface area contributed by atoms with Crippen molar-refractivity contribution in [3.8, 4) is 0 Å². The third kappa shape index (κ3) is 6.13. The standard InChI is InChI=1S/C21H28N4O.C2HF3O2/c1-17-4-3-5-18(14-17)15-25-12-8-21(20(25)26)6-10-24(11-7-21)16-19-22-9-13-23(19)2;3-2(4,5)1(6)7/h3-5,9,13-14H,6-8,10-12,15-16H2,1-2H3;(H,6,7). The van der Waals surface area contributed by atoms with E-state index in [4.69, 9.17) is 9.90 Å². The van der Waals surface area contributed by atoms with Gasteiger partial charge in [-0.05, 0) is 44.8 Å². The zero-order chi connectivity index (χ0) is 24.2. The minimum absolute atomic E-state index is 0.123. The Labute approximate surface area is 190 Å². The Hall–Kier alpha value is -2.88. The molecule has 4 rings (SSSR count). The van der Waals surface area contributed by atoms with Gasteiger partial charge in [0.2, 0.25) is 5.91 Å². The summed E-state index contributed by atoms with van der Waals surface area (Å²) >= 11 is 0. The number of halogens is 3. The number of carboxylic acids is 1. The van der Waals surface area contributed by atoms with Gasteiger partial charge in [-0.2, -0.15) is 13.2 Å². The number of carboxylic acid groups (broad SMARTS) is 1. The van der Waals surface area contributed by atoms with E-state index in [1.807, 2.05) is 19.4 Å². The van der Waals surface area contributed by atoms with Crippen LogP contribution in [-0.2, 0) is 29.7 Å². The number of imidazole rings is 1. The van der Waals surface area contributed by atoms with Gasteiger partial charge in [0, 0.05) is 32.5 Å². The second-order valence-corrected chi connectivity index (χ2v) is 8.78. The van der Waals surface area contributed by atoms with Crippen LogP contribution in [0.1, 0.15) is 36.2 Å². The Kier molecular flexibility index (Phi) is 7.46. The number of benzene rings is 1. The molecule has 2 fully saturated rings. The number of hydrogen-bond acceptors (Lipinski definition) is 4. The summed E-state index contributed by atoms with van der Waals surface area (Å²) in [6.07, 6.45) is 1.71. The maximum atomic E-state index is 13.1. The minimum Gasteiger partial charge on any atom is -0.475 e. The first-order valence-electron chi connectivity index (χ1n) is 10.8. The fraction of sp³-hybridized carbons (Fsp3) is 0.522. The number of aliphatic carboxylic acids is 1. The van der Waals surface area contributed by atoms with Crippen LogP contribution in [-0.4, -0.2) is 62.1 Å². The lowest BCUT2D eigenvalue weighted by molar-refractivity contribution is -0.192. The summed E-state index contributed by atoms with van der Waals surface area (Å²) in [5, 5.41) is 7.12. The predicted molar refractivity (Wildman–Crippen MR) is 115 cm³/mol. The Bertz CT molecular complexity index is 981. The number of aryl methyl sites for hydroxylation is 2. The monoisotopic (exact) mass is 466 g/mol. The molecule has 2 aliphatic rings. The molecule has 0 saturated carbocycles. The Balaban J connectivity index is 0.000000383. The van der Waals surface area contributed by atoms with E-state index in [9.17, 15) is 18.0 Å². The van der Waals surface area contributed by atoms with Crippen molar-refractivity contribution in [2.75, 3.05) is 19.6 Å². The summed E-state index contributed by atoms with van der Waals surface area (Å²) in [4.78, 5) is 31.0. The van der Waals surface area contributed by atoms with E-state index in [1.165, 1.54) is 11.1 Å². The van der Waals surface area contributed by atoms with Gasteiger partial charge >= 0.3 is 12.1 Å². The lowest BCUT2D eigenvalue weighted by atomic mass is 9.77. The largest absolute Gasteiger partial charge is 0.490 e. The zero-order valence-corrected chi connectivity index (χ0v) is 18.8. The van der Waals surface area contributed by atoms with Gasteiger partial charge in [-0.15, -0.1) is 0 Å². The maximum Gasteiger partial charge on any atom is 0.490 e. The number of amides is 1. The molecule has 1 spiro atoms. The Morgan fingerprint density at radius 2 is 1.79 bits per heavy atom. The second kappa shape index (κ2) is 9.94. The molecule has 7 nitrogen and oxygen atoms in total. The number of carbonyl (C=O) groups is 2. The van der Waals surface area contributed by atoms with Crippen molar-refractivity contribution < 1.29 is 27.9 Å². The topological polar surface area (TPSA) is 78.7 Å². The predicted octanol–water partition coefficient (Wildman–Crippen LogP) is 3.38. The third-order valence-electron chi connectivity index (χ3n) is 6.40. The molecular weight excluding hydrogens is 437 g/mol. The van der Waals surface area contributed by atoms with E-state index in [0.717, 1.165) is 57.8 Å². The van der Waals surface area contributed by atoms with Crippen LogP contribution < -0.4 is 0 Å². The number of nitrogens with zero attached hydrogens (tertiary/aromatic N) is 4. The van der Waals surface area contributed by atoms with Gasteiger partial charge < -0.3 is 14.6 Å². The summed E-state index contributed by atoms with van der Waals surface area (Å²) in [6.45, 7) is 6.59. The zero-order valence-electron chi connectivity index (χ0n) is 18.8. The van der Waals surface area contributed by atoms with Crippen molar-refractivity contribution in [3.63, 3.8) is 0 Å². The van der Waals surface area contributed by atoms with Gasteiger partial charge in [0.25, 0.3) is 0 Å². The molecule has 1 aromatic carbocycles. The van der Waals surface area contributed by atoms with E-state index in [2.05, 4.69) is 50.5 Å². The molecule has 0 aliphatic carbocycles. The molecule has 0 unspecified atom stereocenters. The average molecular weight is 467 g/mol. The summed E-state index contributed by atoms with van der Waals surface area (Å²) in [7, 11) is 2.04. The van der Waals surface area contributed by atoms with Crippen LogP contribution in [0, 0.1) is 12.3 Å². The SMILES string of the molecule is Cc1cccc(CN2CCC3(CCN(Cc4nccn4C)CC3)C2=O)c1.O=C(O)C(F)(F)F. The van der Waals surface area contributed by atoms with Crippen molar-refractivity contribution >= 4 is 11.9 Å². The lowest BCUT2D eigenvalue weighted by Crippen LogP contribution is -2.44. The molecular formula is C23H29F3N4O3. The number of alkyl halides is 3. The number of hydrogen-bond donors (Lipinski definition) is 1. The molecule has 0 radical (unpaired) electrons. The fourth-order valence-electron chi connectivity index (χ4n) is 4.43. The first-order chi connectivity index (χ1) is 15.5. The normalized spacial score (nSPS) is 18.3. The van der Waals surface area contributed by atoms with E-state index in [1.54, 1.807) is 0 Å². The number of aromatic nitrogens is 2. The number of piperidine rings is 1. The number of carbonyl (C=O) groups excluding carboxylic acids is 1. The van der Waals surface area contributed by atoms with Crippen molar-refractivity contribution in [2.24, 2.45) is 12.5 Å². The summed E-state index contributed by atoms with van der Waals surface area (Å²) in [5.41, 5.74) is 2.37. The number of rotatable bonds is 4. The third-order valence-corrected chi connectivity index (χ3v) is 6.40. The van der Waals surface area contributed by atoms with Crippen molar-refractivity contribution in [1.82, 2.24) is 19.4 Å². The number of likely N-dealkylation sites (tertiary alicyclic amines) is 2. The molecule has 0 atom stereocenters. The molecule has 2 aromatic rings. The Morgan fingerprint density at radius 3 is 2.33 bits per heavy atom. The molecule has 1 aromatic heterocycles. The quantitative estimate of drug-likeness (QED) is 0.748. The van der Waals surface area contributed by atoms with Gasteiger partial charge in [-0.3, -0.25) is 9.69 Å². The summed E-state index contributed by atoms with van der Waals surface area (Å²) in [5.74, 6) is -1.29. The highest BCUT2D eigenvalue weighted by Crippen LogP contribution is 2.42. The average Bonchev–Trinajstić information content (AvgIpc) is 3.28. The molecule has 2 saturated heterocycles. The van der Waals surface area contributed by atoms with Crippen LogP contribution in [0.15, 0.2) is 36.7 Å². The van der Waals surface area contributed by atoms with E-state index >= 15 is 0 Å². The molecule has 1 amide bonds. The van der Waals surface area contributed by atoms with Gasteiger partial charge in [0.05, 0.1) is 12.0 Å². The van der Waals surface area contributed by atoms with Gasteiger partial charge in [-0.1, -0.05) is 29.8 Å². The molecule has 0 bridgehead atoms. The molecule has 1 N–H and O–H groups in total. The van der Waals surface area contributed by atoms with Crippen molar-refractivity contribution in [2.45, 2.75) is 45.5 Å². The molecule has 3 heterocycles. The van der Waals surface area contributed by atoms with Gasteiger partial charge in [-0.25, -0.2) is 9.78 Å². The minimum atomic E-state index is -5.08. The van der Waals surface area contributed by atoms with Gasteiger partial charge in [0.15, 0.2) is 0 Å². The highest BCUT2D eigenvalue weighted by Gasteiger charge is 2.47. The van der Waals surface area contributed by atoms with Crippen LogP contribution in [0.5, 0.6) is 0 Å². The fourth-order valence-corrected chi connectivity index (χ4v) is 4.43. The lowest BCUT2D eigenvalue weighted by Gasteiger charge is -2.37. The smallest absolute Gasteiger partial charge is 0.475 e. The van der Waals surface area contributed by atoms with Crippen molar-refractivity contribution in [1.29, 1.82) is 0 Å². The highest BCUT2D eigenvalue weighted by atomic mass is 19.4. The Morgan fingerprint density at radius 1 is 1.15 bits per heavy atom. The summed E-state index contributed by atoms with van der Waals surface area (Å²) < 4.78 is 33.8. The maximum absolute atomic E-state index is 13.1. The van der Waals surface area contributed by atoms with Crippen LogP contribution in [0.25, 0.3) is 0 Å². The highest BCUT2D eigenvalue weighted by molar-refractivity contribution is 5.85. The van der Waals surface area contributed by atoms with Crippen LogP contribution in [0.2, 0.25) is 0 Å². The first kappa shape index (κ1) is 24.8. The molecule has 2 aliphatic heterocycles. The van der Waals surface area contributed by atoms with Crippen LogP contribution in [0.3, 0.4) is 0 Å². The molecule has 180 valence electrons. The summed E-state index contributed by atoms with van der Waals surface area (Å²) in [6, 6.07) is 8.50. The van der Waals surface area contributed by atoms with E-state index in [0.29, 0.717) is 5.91 Å². The van der Waals surface area contributed by atoms with Crippen molar-refractivity contribution in [3.05, 3.63) is 53.6 Å². The van der Waals surface area contributed by atoms with Crippen LogP contribution >= 0.6 is 0 Å².